The van der Waals surface area contributed by atoms with Gasteiger partial charge in [0.1, 0.15) is 11.5 Å². The maximum absolute atomic E-state index is 13.5. The molecule has 0 aromatic heterocycles. The number of nitrogens with zero attached hydrogens (tertiary/aromatic N) is 1. The van der Waals surface area contributed by atoms with Crippen molar-refractivity contribution in [3.05, 3.63) is 70.3 Å². The maximum atomic E-state index is 13.5. The normalized spacial score (nSPS) is 21.2. The highest BCUT2D eigenvalue weighted by Crippen LogP contribution is 2.44. The van der Waals surface area contributed by atoms with E-state index in [0.29, 0.717) is 11.3 Å². The number of ether oxygens (including phenoxy) is 1. The molecule has 1 heterocycles. The topological polar surface area (TPSA) is 66.8 Å². The van der Waals surface area contributed by atoms with Crippen molar-refractivity contribution in [3.8, 4) is 5.75 Å². The van der Waals surface area contributed by atoms with Gasteiger partial charge in [-0.1, -0.05) is 64.3 Å². The molecule has 1 N–H and O–H groups in total. The van der Waals surface area contributed by atoms with Crippen molar-refractivity contribution in [2.75, 3.05) is 7.11 Å². The minimum atomic E-state index is -0.643. The molecule has 1 aliphatic heterocycles. The van der Waals surface area contributed by atoms with E-state index in [-0.39, 0.29) is 22.8 Å². The maximum Gasteiger partial charge on any atom is 0.295 e. The van der Waals surface area contributed by atoms with Crippen molar-refractivity contribution in [3.63, 3.8) is 0 Å². The van der Waals surface area contributed by atoms with Crippen molar-refractivity contribution in [1.82, 2.24) is 4.90 Å². The van der Waals surface area contributed by atoms with Gasteiger partial charge in [0.25, 0.3) is 11.7 Å². The number of carbonyl (C=O) groups is 2. The minimum Gasteiger partial charge on any atom is -0.507 e. The number of aryl methyl sites for hydroxylation is 1. The summed E-state index contributed by atoms with van der Waals surface area (Å²) in [5, 5.41) is 11.6. The first-order chi connectivity index (χ1) is 16.1. The first-order valence-electron chi connectivity index (χ1n) is 12.2. The number of aliphatic hydroxyl groups is 1. The molecule has 4 rings (SSSR count). The Balaban J connectivity index is 1.92. The first-order valence-corrected chi connectivity index (χ1v) is 12.2. The second-order valence-electron chi connectivity index (χ2n) is 10.6. The first kappa shape index (κ1) is 24.1. The van der Waals surface area contributed by atoms with Crippen LogP contribution in [0.2, 0.25) is 0 Å². The number of Topliss-reactive ketones (excluding diaryl/α,β-unsaturated/α-hetero) is 1. The van der Waals surface area contributed by atoms with Gasteiger partial charge in [-0.2, -0.15) is 0 Å². The summed E-state index contributed by atoms with van der Waals surface area (Å²) >= 11 is 0. The van der Waals surface area contributed by atoms with Crippen molar-refractivity contribution in [2.24, 2.45) is 0 Å². The van der Waals surface area contributed by atoms with E-state index in [1.54, 1.807) is 12.0 Å². The van der Waals surface area contributed by atoms with E-state index in [4.69, 9.17) is 4.74 Å². The van der Waals surface area contributed by atoms with Crippen LogP contribution in [-0.2, 0) is 15.0 Å². The highest BCUT2D eigenvalue weighted by Gasteiger charge is 2.49. The minimum absolute atomic E-state index is 0.0197. The van der Waals surface area contributed by atoms with Crippen molar-refractivity contribution in [2.45, 2.75) is 77.3 Å². The molecule has 1 aliphatic carbocycles. The van der Waals surface area contributed by atoms with E-state index in [1.165, 1.54) is 0 Å². The van der Waals surface area contributed by atoms with E-state index in [2.05, 4.69) is 20.8 Å². The van der Waals surface area contributed by atoms with Crippen molar-refractivity contribution < 1.29 is 19.4 Å². The summed E-state index contributed by atoms with van der Waals surface area (Å²) in [6, 6.07) is 12.8. The van der Waals surface area contributed by atoms with E-state index < -0.39 is 17.7 Å². The molecule has 1 unspecified atom stereocenters. The number of hydrogen-bond donors (Lipinski definition) is 1. The summed E-state index contributed by atoms with van der Waals surface area (Å²) in [6.45, 7) is 8.25. The fourth-order valence-electron chi connectivity index (χ4n) is 5.21. The molecule has 2 fully saturated rings. The second-order valence-corrected chi connectivity index (χ2v) is 10.6. The lowest BCUT2D eigenvalue weighted by molar-refractivity contribution is -0.141. The molecular formula is C29H35NO4. The van der Waals surface area contributed by atoms with Crippen molar-refractivity contribution >= 4 is 17.4 Å². The van der Waals surface area contributed by atoms with Gasteiger partial charge < -0.3 is 14.7 Å². The van der Waals surface area contributed by atoms with Gasteiger partial charge >= 0.3 is 0 Å². The summed E-state index contributed by atoms with van der Waals surface area (Å²) in [5.41, 5.74) is 3.33. The number of ketones is 1. The van der Waals surface area contributed by atoms with Crippen LogP contribution in [0, 0.1) is 6.92 Å². The van der Waals surface area contributed by atoms with Gasteiger partial charge in [0, 0.05) is 11.6 Å². The molecule has 1 saturated carbocycles. The Hall–Kier alpha value is -3.08. The Bertz CT molecular complexity index is 1140. The predicted octanol–water partition coefficient (Wildman–Crippen LogP) is 6.06. The van der Waals surface area contributed by atoms with Crippen molar-refractivity contribution in [1.29, 1.82) is 0 Å². The lowest BCUT2D eigenvalue weighted by Gasteiger charge is -2.35. The van der Waals surface area contributed by atoms with Crippen LogP contribution in [0.15, 0.2) is 48.0 Å². The number of rotatable bonds is 4. The molecule has 2 aromatic rings. The van der Waals surface area contributed by atoms with Gasteiger partial charge in [-0.15, -0.1) is 0 Å². The van der Waals surface area contributed by atoms with Gasteiger partial charge in [-0.05, 0) is 60.1 Å². The summed E-state index contributed by atoms with van der Waals surface area (Å²) in [6.07, 6.45) is 4.94. The van der Waals surface area contributed by atoms with Crippen LogP contribution in [0.25, 0.3) is 5.76 Å². The third-order valence-corrected chi connectivity index (χ3v) is 7.22. The molecule has 5 heteroatoms. The molecular weight excluding hydrogens is 426 g/mol. The quantitative estimate of drug-likeness (QED) is 0.342. The average molecular weight is 462 g/mol. The molecule has 1 amide bonds. The molecule has 180 valence electrons. The number of carbonyl (C=O) groups excluding carboxylic acids is 2. The monoisotopic (exact) mass is 461 g/mol. The number of hydrogen-bond acceptors (Lipinski definition) is 4. The van der Waals surface area contributed by atoms with Gasteiger partial charge in [0.15, 0.2) is 0 Å². The summed E-state index contributed by atoms with van der Waals surface area (Å²) < 4.78 is 5.43. The van der Waals surface area contributed by atoms with E-state index >= 15 is 0 Å². The van der Waals surface area contributed by atoms with E-state index in [1.807, 2.05) is 49.4 Å². The zero-order valence-electron chi connectivity index (χ0n) is 20.9. The SMILES string of the molecule is COc1cccc(C2/C(=C(\O)c3cc(C(C)(C)C)ccc3C)C(=O)C(=O)N2C2CCCCC2)c1. The fraction of sp³-hybridized carbons (Fsp3) is 0.448. The highest BCUT2D eigenvalue weighted by molar-refractivity contribution is 6.46. The predicted molar refractivity (Wildman–Crippen MR) is 134 cm³/mol. The van der Waals surface area contributed by atoms with E-state index in [9.17, 15) is 14.7 Å². The molecule has 1 saturated heterocycles. The van der Waals surface area contributed by atoms with Gasteiger partial charge in [-0.25, -0.2) is 0 Å². The zero-order valence-corrected chi connectivity index (χ0v) is 20.9. The smallest absolute Gasteiger partial charge is 0.295 e. The van der Waals surface area contributed by atoms with Gasteiger partial charge in [0.2, 0.25) is 0 Å². The lowest BCUT2D eigenvalue weighted by Crippen LogP contribution is -2.40. The Labute approximate surface area is 202 Å². The van der Waals surface area contributed by atoms with Crippen LogP contribution >= 0.6 is 0 Å². The average Bonchev–Trinajstić information content (AvgIpc) is 3.09. The number of methoxy groups -OCH3 is 1. The van der Waals surface area contributed by atoms with Crippen LogP contribution in [0.3, 0.4) is 0 Å². The van der Waals surface area contributed by atoms with Gasteiger partial charge in [-0.3, -0.25) is 9.59 Å². The van der Waals surface area contributed by atoms with Crippen LogP contribution < -0.4 is 4.74 Å². The Morgan fingerprint density at radius 2 is 1.74 bits per heavy atom. The fourth-order valence-corrected chi connectivity index (χ4v) is 5.21. The summed E-state index contributed by atoms with van der Waals surface area (Å²) in [4.78, 5) is 28.6. The van der Waals surface area contributed by atoms with Crippen LogP contribution in [0.1, 0.15) is 81.2 Å². The third-order valence-electron chi connectivity index (χ3n) is 7.22. The van der Waals surface area contributed by atoms with Gasteiger partial charge in [0.05, 0.1) is 18.7 Å². The number of likely N-dealkylation sites (tertiary alicyclic amines) is 1. The van der Waals surface area contributed by atoms with Crippen LogP contribution in [0.5, 0.6) is 5.75 Å². The molecule has 2 aromatic carbocycles. The Morgan fingerprint density at radius 3 is 2.38 bits per heavy atom. The Kier molecular flexibility index (Phi) is 6.57. The summed E-state index contributed by atoms with van der Waals surface area (Å²) in [5.74, 6) is -0.590. The van der Waals surface area contributed by atoms with Crippen LogP contribution in [0.4, 0.5) is 0 Å². The molecule has 34 heavy (non-hydrogen) atoms. The number of aliphatic hydroxyl groups excluding tert-OH is 1. The molecule has 0 radical (unpaired) electrons. The second kappa shape index (κ2) is 9.28. The molecule has 0 bridgehead atoms. The largest absolute Gasteiger partial charge is 0.507 e. The lowest BCUT2D eigenvalue weighted by atomic mass is 9.84. The molecule has 0 spiro atoms. The third kappa shape index (κ3) is 4.36. The highest BCUT2D eigenvalue weighted by atomic mass is 16.5. The summed E-state index contributed by atoms with van der Waals surface area (Å²) in [7, 11) is 1.60. The molecule has 2 aliphatic rings. The number of benzene rings is 2. The Morgan fingerprint density at radius 1 is 1.03 bits per heavy atom. The zero-order chi connectivity index (χ0) is 24.6. The number of amides is 1. The molecule has 5 nitrogen and oxygen atoms in total. The van der Waals surface area contributed by atoms with Crippen LogP contribution in [-0.4, -0.2) is 34.8 Å². The molecule has 1 atom stereocenters. The standard InChI is InChI=1S/C29H35NO4/c1-18-14-15-20(29(2,3)4)17-23(18)26(31)24-25(19-10-9-13-22(16-19)34-5)30(28(33)27(24)32)21-11-7-6-8-12-21/h9-10,13-17,21,25,31H,6-8,11-12H2,1-5H3/b26-24+. The van der Waals surface area contributed by atoms with E-state index in [0.717, 1.165) is 48.8 Å².